The fourth-order valence-electron chi connectivity index (χ4n) is 3.81. The molecule has 0 heterocycles. The Kier molecular flexibility index (Phi) is 8.23. The monoisotopic (exact) mass is 458 g/mol. The molecular formula is C23H30N4O6. The summed E-state index contributed by atoms with van der Waals surface area (Å²) in [4.78, 5) is 28.8. The Labute approximate surface area is 191 Å². The molecule has 33 heavy (non-hydrogen) atoms. The van der Waals surface area contributed by atoms with Crippen molar-refractivity contribution in [2.24, 2.45) is 0 Å². The van der Waals surface area contributed by atoms with Crippen LogP contribution in [0.5, 0.6) is 11.5 Å². The summed E-state index contributed by atoms with van der Waals surface area (Å²) >= 11 is 0. The number of fused-ring (bicyclic) bond motifs is 2. The standard InChI is InChI=1S/C23H30N4O6/c1-27(11-13-29)10-8-26-15-3-2-14(25-7-6-24-9-12-28)18-19(15)23(33)21-17(31)5-4-16(30)20(21)22(18)32/h2-5,24-26,28-31H,6-13H2,1H3. The summed E-state index contributed by atoms with van der Waals surface area (Å²) < 4.78 is 0. The van der Waals surface area contributed by atoms with Crippen LogP contribution in [0.3, 0.4) is 0 Å². The Hall–Kier alpha value is -3.18. The molecule has 2 aromatic carbocycles. The summed E-state index contributed by atoms with van der Waals surface area (Å²) in [5.74, 6) is -1.85. The van der Waals surface area contributed by atoms with Gasteiger partial charge in [0, 0.05) is 50.6 Å². The van der Waals surface area contributed by atoms with Crippen LogP contribution in [0, 0.1) is 0 Å². The zero-order valence-corrected chi connectivity index (χ0v) is 18.5. The van der Waals surface area contributed by atoms with Gasteiger partial charge in [-0.25, -0.2) is 0 Å². The van der Waals surface area contributed by atoms with E-state index in [0.717, 1.165) is 0 Å². The number of aromatic hydroxyl groups is 2. The van der Waals surface area contributed by atoms with Crippen LogP contribution in [0.25, 0.3) is 0 Å². The zero-order valence-electron chi connectivity index (χ0n) is 18.5. The zero-order chi connectivity index (χ0) is 24.0. The Morgan fingerprint density at radius 3 is 1.76 bits per heavy atom. The average molecular weight is 459 g/mol. The van der Waals surface area contributed by atoms with Crippen LogP contribution in [-0.4, -0.2) is 96.4 Å². The van der Waals surface area contributed by atoms with Crippen LogP contribution in [0.4, 0.5) is 11.4 Å². The Bertz CT molecular complexity index is 1030. The first-order valence-corrected chi connectivity index (χ1v) is 10.8. The normalized spacial score (nSPS) is 12.6. The lowest BCUT2D eigenvalue weighted by Crippen LogP contribution is -2.29. The highest BCUT2D eigenvalue weighted by atomic mass is 16.3. The van der Waals surface area contributed by atoms with E-state index in [4.69, 9.17) is 10.2 Å². The van der Waals surface area contributed by atoms with Gasteiger partial charge >= 0.3 is 0 Å². The first-order valence-electron chi connectivity index (χ1n) is 10.8. The van der Waals surface area contributed by atoms with E-state index >= 15 is 0 Å². The molecule has 7 N–H and O–H groups in total. The summed E-state index contributed by atoms with van der Waals surface area (Å²) in [6.07, 6.45) is 0. The number of aliphatic hydroxyl groups excluding tert-OH is 2. The second-order valence-corrected chi connectivity index (χ2v) is 7.78. The number of aliphatic hydroxyl groups is 2. The molecule has 0 aliphatic heterocycles. The van der Waals surface area contributed by atoms with Crippen molar-refractivity contribution in [1.82, 2.24) is 10.2 Å². The van der Waals surface area contributed by atoms with Crippen LogP contribution in [-0.2, 0) is 0 Å². The number of phenolic OH excluding ortho intramolecular Hbond substituents is 2. The van der Waals surface area contributed by atoms with Crippen molar-refractivity contribution in [2.45, 2.75) is 0 Å². The second kappa shape index (κ2) is 11.1. The van der Waals surface area contributed by atoms with Crippen LogP contribution < -0.4 is 16.0 Å². The number of benzene rings is 2. The number of carbonyl (C=O) groups excluding carboxylic acids is 2. The van der Waals surface area contributed by atoms with Gasteiger partial charge in [-0.3, -0.25) is 9.59 Å². The van der Waals surface area contributed by atoms with Crippen molar-refractivity contribution in [1.29, 1.82) is 0 Å². The molecule has 0 fully saturated rings. The topological polar surface area (TPSA) is 154 Å². The van der Waals surface area contributed by atoms with Crippen LogP contribution in [0.2, 0.25) is 0 Å². The third kappa shape index (κ3) is 5.25. The molecule has 0 unspecified atom stereocenters. The minimum absolute atomic E-state index is 0.00972. The minimum Gasteiger partial charge on any atom is -0.507 e. The van der Waals surface area contributed by atoms with Gasteiger partial charge in [0.05, 0.1) is 35.5 Å². The van der Waals surface area contributed by atoms with Crippen molar-refractivity contribution >= 4 is 22.9 Å². The van der Waals surface area contributed by atoms with Gasteiger partial charge in [0.2, 0.25) is 11.6 Å². The molecule has 0 atom stereocenters. The van der Waals surface area contributed by atoms with Gasteiger partial charge in [-0.15, -0.1) is 0 Å². The smallest absolute Gasteiger partial charge is 0.200 e. The molecule has 178 valence electrons. The molecule has 0 aromatic heterocycles. The first kappa shape index (κ1) is 24.5. The average Bonchev–Trinajstić information content (AvgIpc) is 2.79. The van der Waals surface area contributed by atoms with Gasteiger partial charge in [0.25, 0.3) is 0 Å². The molecule has 2 aromatic rings. The van der Waals surface area contributed by atoms with Gasteiger partial charge < -0.3 is 41.3 Å². The highest BCUT2D eigenvalue weighted by Gasteiger charge is 2.37. The van der Waals surface area contributed by atoms with Crippen molar-refractivity contribution in [3.8, 4) is 11.5 Å². The molecule has 1 aliphatic rings. The van der Waals surface area contributed by atoms with Gasteiger partial charge in [-0.2, -0.15) is 0 Å². The fraction of sp³-hybridized carbons (Fsp3) is 0.391. The number of ketones is 2. The quantitative estimate of drug-likeness (QED) is 0.148. The number of hydrogen-bond donors (Lipinski definition) is 7. The molecular weight excluding hydrogens is 428 g/mol. The van der Waals surface area contributed by atoms with E-state index in [-0.39, 0.29) is 47.0 Å². The summed E-state index contributed by atoms with van der Waals surface area (Å²) in [5.41, 5.74) is 0.711. The molecule has 10 nitrogen and oxygen atoms in total. The van der Waals surface area contributed by atoms with E-state index in [1.54, 1.807) is 12.1 Å². The summed E-state index contributed by atoms with van der Waals surface area (Å²) in [7, 11) is 1.86. The molecule has 0 saturated carbocycles. The Balaban J connectivity index is 1.97. The minimum atomic E-state index is -0.556. The van der Waals surface area contributed by atoms with Crippen molar-refractivity contribution < 1.29 is 30.0 Å². The van der Waals surface area contributed by atoms with E-state index in [1.807, 2.05) is 11.9 Å². The van der Waals surface area contributed by atoms with Gasteiger partial charge in [0.15, 0.2) is 0 Å². The van der Waals surface area contributed by atoms with E-state index in [2.05, 4.69) is 16.0 Å². The third-order valence-electron chi connectivity index (χ3n) is 5.47. The predicted octanol–water partition coefficient (Wildman–Crippen LogP) is 0.203. The first-order chi connectivity index (χ1) is 15.9. The van der Waals surface area contributed by atoms with Gasteiger partial charge in [-0.05, 0) is 31.3 Å². The Morgan fingerprint density at radius 1 is 0.697 bits per heavy atom. The largest absolute Gasteiger partial charge is 0.507 e. The lowest BCUT2D eigenvalue weighted by molar-refractivity contribution is 0.0975. The number of carbonyl (C=O) groups is 2. The second-order valence-electron chi connectivity index (χ2n) is 7.78. The van der Waals surface area contributed by atoms with Gasteiger partial charge in [-0.1, -0.05) is 0 Å². The summed E-state index contributed by atoms with van der Waals surface area (Å²) in [5, 5.41) is 47.9. The molecule has 10 heteroatoms. The van der Waals surface area contributed by atoms with E-state index in [0.29, 0.717) is 50.6 Å². The maximum Gasteiger partial charge on any atom is 0.200 e. The van der Waals surface area contributed by atoms with E-state index in [1.165, 1.54) is 12.1 Å². The molecule has 0 radical (unpaired) electrons. The number of nitrogens with one attached hydrogen (secondary N) is 3. The van der Waals surface area contributed by atoms with Gasteiger partial charge in [0.1, 0.15) is 11.5 Å². The molecule has 0 bridgehead atoms. The molecule has 1 aliphatic carbocycles. The van der Waals surface area contributed by atoms with E-state index in [9.17, 15) is 19.8 Å². The third-order valence-corrected chi connectivity index (χ3v) is 5.47. The maximum absolute atomic E-state index is 13.4. The van der Waals surface area contributed by atoms with Crippen molar-refractivity contribution in [3.05, 3.63) is 46.5 Å². The van der Waals surface area contributed by atoms with Crippen molar-refractivity contribution in [2.75, 3.05) is 70.2 Å². The highest BCUT2D eigenvalue weighted by Crippen LogP contribution is 2.42. The Morgan fingerprint density at radius 2 is 1.24 bits per heavy atom. The number of nitrogens with zero attached hydrogens (tertiary/aromatic N) is 1. The maximum atomic E-state index is 13.4. The lowest BCUT2D eigenvalue weighted by Gasteiger charge is -2.25. The van der Waals surface area contributed by atoms with Crippen LogP contribution in [0.15, 0.2) is 24.3 Å². The SMILES string of the molecule is CN(CCO)CCNc1ccc(NCCNCCO)c2c1C(=O)c1c(O)ccc(O)c1C2=O. The molecule has 0 spiro atoms. The number of rotatable bonds is 12. The number of phenols is 2. The summed E-state index contributed by atoms with van der Waals surface area (Å²) in [6.45, 7) is 3.00. The van der Waals surface area contributed by atoms with Crippen molar-refractivity contribution in [3.63, 3.8) is 0 Å². The molecule has 3 rings (SSSR count). The number of anilines is 2. The summed E-state index contributed by atoms with van der Waals surface area (Å²) in [6, 6.07) is 5.77. The van der Waals surface area contributed by atoms with E-state index < -0.39 is 11.6 Å². The van der Waals surface area contributed by atoms with Crippen LogP contribution >= 0.6 is 0 Å². The number of hydrogen-bond acceptors (Lipinski definition) is 10. The highest BCUT2D eigenvalue weighted by molar-refractivity contribution is 6.33. The lowest BCUT2D eigenvalue weighted by atomic mass is 9.81. The molecule has 0 amide bonds. The fourth-order valence-corrected chi connectivity index (χ4v) is 3.81. The molecule has 0 saturated heterocycles. The predicted molar refractivity (Wildman–Crippen MR) is 125 cm³/mol. The number of likely N-dealkylation sites (N-methyl/N-ethyl adjacent to an activating group) is 1. The van der Waals surface area contributed by atoms with Crippen LogP contribution in [0.1, 0.15) is 31.8 Å².